The molecule has 0 amide bonds. The molecule has 0 saturated carbocycles. The second-order valence-electron chi connectivity index (χ2n) is 2.88. The van der Waals surface area contributed by atoms with Crippen LogP contribution in [0, 0.1) is 0 Å². The van der Waals surface area contributed by atoms with E-state index in [1.165, 1.54) is 0 Å². The minimum absolute atomic E-state index is 0.130. The molecule has 0 atom stereocenters. The van der Waals surface area contributed by atoms with Crippen LogP contribution < -0.4 is 4.74 Å². The van der Waals surface area contributed by atoms with Gasteiger partial charge in [0.1, 0.15) is 5.75 Å². The molecule has 0 unspecified atom stereocenters. The van der Waals surface area contributed by atoms with Gasteiger partial charge in [-0.15, -0.1) is 0 Å². The maximum atomic E-state index is 9.12. The van der Waals surface area contributed by atoms with E-state index in [1.54, 1.807) is 23.9 Å². The smallest absolute Gasteiger partial charge is 0.143 e. The Balaban J connectivity index is 2.84. The summed E-state index contributed by atoms with van der Waals surface area (Å²) in [4.78, 5) is 0. The third-order valence-electron chi connectivity index (χ3n) is 1.79. The second-order valence-corrected chi connectivity index (χ2v) is 4.70. The quantitative estimate of drug-likeness (QED) is 0.830. The number of hydrogen-bond acceptors (Lipinski definition) is 3. The molecular weight excluding hydrogens is 255 g/mol. The van der Waals surface area contributed by atoms with E-state index in [0.717, 1.165) is 5.75 Å². The molecule has 15 heavy (non-hydrogen) atoms. The third-order valence-corrected chi connectivity index (χ3v) is 2.86. The van der Waals surface area contributed by atoms with Crippen LogP contribution in [-0.4, -0.2) is 23.7 Å². The topological polar surface area (TPSA) is 29.5 Å². The molecule has 0 heterocycles. The largest absolute Gasteiger partial charge is 0.491 e. The van der Waals surface area contributed by atoms with Gasteiger partial charge in [-0.3, -0.25) is 0 Å². The Bertz CT molecular complexity index is 331. The van der Waals surface area contributed by atoms with E-state index < -0.39 is 0 Å². The first kappa shape index (κ1) is 13.0. The minimum atomic E-state index is -0.130. The van der Waals surface area contributed by atoms with Crippen molar-refractivity contribution < 1.29 is 9.84 Å². The predicted molar refractivity (Wildman–Crippen MR) is 66.3 cm³/mol. The van der Waals surface area contributed by atoms with Crippen molar-refractivity contribution in [1.82, 2.24) is 0 Å². The Morgan fingerprint density at radius 1 is 1.40 bits per heavy atom. The minimum Gasteiger partial charge on any atom is -0.491 e. The molecule has 1 N–H and O–H groups in total. The fourth-order valence-corrected chi connectivity index (χ4v) is 1.96. The summed E-state index contributed by atoms with van der Waals surface area (Å²) in [5.41, 5.74) is 0.619. The van der Waals surface area contributed by atoms with Gasteiger partial charge in [0.2, 0.25) is 0 Å². The zero-order chi connectivity index (χ0) is 11.3. The number of hydrogen-bond donors (Lipinski definition) is 1. The molecule has 0 saturated heterocycles. The van der Waals surface area contributed by atoms with Crippen LogP contribution in [0.2, 0.25) is 10.0 Å². The lowest BCUT2D eigenvalue weighted by molar-refractivity contribution is 0.267. The summed E-state index contributed by atoms with van der Waals surface area (Å²) in [6, 6.07) is 3.26. The lowest BCUT2D eigenvalue weighted by Gasteiger charge is -2.11. The highest BCUT2D eigenvalue weighted by Crippen LogP contribution is 2.32. The molecule has 1 rings (SSSR count). The van der Waals surface area contributed by atoms with Crippen LogP contribution in [0.15, 0.2) is 12.1 Å². The second kappa shape index (κ2) is 6.48. The average Bonchev–Trinajstić information content (AvgIpc) is 2.20. The van der Waals surface area contributed by atoms with Gasteiger partial charge in [-0.05, 0) is 18.4 Å². The molecule has 0 bridgehead atoms. The van der Waals surface area contributed by atoms with Crippen molar-refractivity contribution in [2.24, 2.45) is 0 Å². The monoisotopic (exact) mass is 266 g/mol. The van der Waals surface area contributed by atoms with Crippen molar-refractivity contribution >= 4 is 35.0 Å². The summed E-state index contributed by atoms with van der Waals surface area (Å²) >= 11 is 13.5. The van der Waals surface area contributed by atoms with Crippen molar-refractivity contribution in [3.8, 4) is 5.75 Å². The van der Waals surface area contributed by atoms with Gasteiger partial charge in [-0.2, -0.15) is 11.8 Å². The Kier molecular flexibility index (Phi) is 5.61. The number of aliphatic hydroxyl groups excluding tert-OH is 1. The zero-order valence-corrected chi connectivity index (χ0v) is 10.6. The van der Waals surface area contributed by atoms with E-state index in [4.69, 9.17) is 33.0 Å². The Morgan fingerprint density at radius 3 is 2.73 bits per heavy atom. The zero-order valence-electron chi connectivity index (χ0n) is 8.30. The number of rotatable bonds is 5. The summed E-state index contributed by atoms with van der Waals surface area (Å²) < 4.78 is 5.48. The van der Waals surface area contributed by atoms with Crippen molar-refractivity contribution in [1.29, 1.82) is 0 Å². The van der Waals surface area contributed by atoms with Crippen LogP contribution in [0.4, 0.5) is 0 Å². The highest BCUT2D eigenvalue weighted by Gasteiger charge is 2.09. The third kappa shape index (κ3) is 3.76. The van der Waals surface area contributed by atoms with Crippen LogP contribution in [-0.2, 0) is 6.61 Å². The normalized spacial score (nSPS) is 10.4. The summed E-state index contributed by atoms with van der Waals surface area (Å²) in [7, 11) is 0. The fraction of sp³-hybridized carbons (Fsp3) is 0.400. The van der Waals surface area contributed by atoms with Gasteiger partial charge in [0.25, 0.3) is 0 Å². The highest BCUT2D eigenvalue weighted by molar-refractivity contribution is 7.98. The Morgan fingerprint density at radius 2 is 2.13 bits per heavy atom. The molecule has 0 radical (unpaired) electrons. The molecule has 0 spiro atoms. The standard InChI is InChI=1S/C10H12Cl2O2S/c1-15-3-2-14-10-7(6-13)4-8(11)5-9(10)12/h4-5,13H,2-3,6H2,1H3. The average molecular weight is 267 g/mol. The molecule has 1 aromatic rings. The molecule has 0 aliphatic rings. The maximum Gasteiger partial charge on any atom is 0.143 e. The van der Waals surface area contributed by atoms with E-state index in [1.807, 2.05) is 6.26 Å². The van der Waals surface area contributed by atoms with Gasteiger partial charge >= 0.3 is 0 Å². The van der Waals surface area contributed by atoms with E-state index >= 15 is 0 Å². The lowest BCUT2D eigenvalue weighted by atomic mass is 10.2. The summed E-state index contributed by atoms with van der Waals surface area (Å²) in [6.07, 6.45) is 2.00. The summed E-state index contributed by atoms with van der Waals surface area (Å²) in [5, 5.41) is 10.1. The van der Waals surface area contributed by atoms with Crippen LogP contribution in [0.3, 0.4) is 0 Å². The molecule has 5 heteroatoms. The van der Waals surface area contributed by atoms with Crippen LogP contribution in [0.5, 0.6) is 5.75 Å². The van der Waals surface area contributed by atoms with E-state index in [2.05, 4.69) is 0 Å². The van der Waals surface area contributed by atoms with E-state index in [9.17, 15) is 0 Å². The number of benzene rings is 1. The molecule has 84 valence electrons. The predicted octanol–water partition coefficient (Wildman–Crippen LogP) is 3.23. The van der Waals surface area contributed by atoms with Crippen molar-refractivity contribution in [2.45, 2.75) is 6.61 Å². The number of ether oxygens (including phenoxy) is 1. The van der Waals surface area contributed by atoms with Crippen molar-refractivity contribution in [3.63, 3.8) is 0 Å². The van der Waals surface area contributed by atoms with Gasteiger partial charge in [-0.25, -0.2) is 0 Å². The van der Waals surface area contributed by atoms with Gasteiger partial charge in [0, 0.05) is 16.3 Å². The van der Waals surface area contributed by atoms with Gasteiger partial charge in [0.15, 0.2) is 0 Å². The highest BCUT2D eigenvalue weighted by atomic mass is 35.5. The Labute approximate surface area is 104 Å². The van der Waals surface area contributed by atoms with Crippen molar-refractivity contribution in [3.05, 3.63) is 27.7 Å². The number of thioether (sulfide) groups is 1. The summed E-state index contributed by atoms with van der Waals surface area (Å²) in [5.74, 6) is 1.40. The SMILES string of the molecule is CSCCOc1c(Cl)cc(Cl)cc1CO. The molecule has 0 aliphatic heterocycles. The first-order valence-corrected chi connectivity index (χ1v) is 6.54. The van der Waals surface area contributed by atoms with Crippen LogP contribution in [0.25, 0.3) is 0 Å². The fourth-order valence-electron chi connectivity index (χ4n) is 1.12. The van der Waals surface area contributed by atoms with Crippen LogP contribution in [0.1, 0.15) is 5.56 Å². The molecule has 2 nitrogen and oxygen atoms in total. The van der Waals surface area contributed by atoms with Crippen molar-refractivity contribution in [2.75, 3.05) is 18.6 Å². The first-order valence-electron chi connectivity index (χ1n) is 4.39. The van der Waals surface area contributed by atoms with Gasteiger partial charge in [0.05, 0.1) is 18.2 Å². The van der Waals surface area contributed by atoms with Gasteiger partial charge < -0.3 is 9.84 Å². The molecule has 0 aliphatic carbocycles. The number of halogens is 2. The Hall–Kier alpha value is -0.0900. The lowest BCUT2D eigenvalue weighted by Crippen LogP contribution is -2.03. The van der Waals surface area contributed by atoms with E-state index in [-0.39, 0.29) is 6.61 Å². The molecule has 0 fully saturated rings. The van der Waals surface area contributed by atoms with Crippen LogP contribution >= 0.6 is 35.0 Å². The van der Waals surface area contributed by atoms with E-state index in [0.29, 0.717) is 28.0 Å². The first-order chi connectivity index (χ1) is 7.19. The maximum absolute atomic E-state index is 9.12. The molecule has 0 aromatic heterocycles. The number of aliphatic hydroxyl groups is 1. The molecular formula is C10H12Cl2O2S. The van der Waals surface area contributed by atoms with Gasteiger partial charge in [-0.1, -0.05) is 23.2 Å². The molecule has 1 aromatic carbocycles. The summed E-state index contributed by atoms with van der Waals surface area (Å²) in [6.45, 7) is 0.435.